The quantitative estimate of drug-likeness (QED) is 0.153. The van der Waals surface area contributed by atoms with Gasteiger partial charge < -0.3 is 0 Å². The monoisotopic (exact) mass is 1570 g/mol. The Kier molecular flexibility index (Phi) is 19.9. The minimum atomic E-state index is -2.10. The summed E-state index contributed by atoms with van der Waals surface area (Å²) >= 11 is 0. The maximum absolute atomic E-state index is 7.68. The molecule has 600 valence electrons. The molecule has 10 aromatic carbocycles. The van der Waals surface area contributed by atoms with Gasteiger partial charge in [0.1, 0.15) is 35.2 Å². The van der Waals surface area contributed by atoms with Crippen molar-refractivity contribution in [2.24, 2.45) is 35.2 Å². The lowest BCUT2D eigenvalue weighted by atomic mass is 9.81. The molecule has 0 aliphatic heterocycles. The van der Waals surface area contributed by atoms with Crippen LogP contribution in [0.3, 0.4) is 0 Å². The number of nitrogens with zero attached hydrogens (tertiary/aromatic N) is 5. The van der Waals surface area contributed by atoms with Crippen LogP contribution >= 0.6 is 0 Å². The summed E-state index contributed by atoms with van der Waals surface area (Å²) in [5.74, 6) is 0. The molecule has 0 bridgehead atoms. The van der Waals surface area contributed by atoms with Gasteiger partial charge in [-0.25, -0.2) is 22.8 Å². The minimum Gasteiger partial charge on any atom is -0.201 e. The molecule has 15 aromatic rings. The fourth-order valence-corrected chi connectivity index (χ4v) is 20.9. The number of benzene rings is 10. The van der Waals surface area contributed by atoms with Gasteiger partial charge >= 0.3 is 0 Å². The predicted octanol–water partition coefficient (Wildman–Crippen LogP) is 25.5. The van der Waals surface area contributed by atoms with Gasteiger partial charge in [0.2, 0.25) is 28.5 Å². The standard InChI is InChI=1S/C24H26N.3C23H24N.C22H22N/c1-15-11-12-20-23(18-9-7-8-10-19(18)24(20,4)5)22(15)21-13-16(2)17(3)14-25(21)6;2*1-15-10-13-20(24(5)14-15)21-16(2)11-12-19-22(21)17-8-6-7-9-18(17)23(19,3)4;1-15-12-13-24(5)20(14-15)21-16(2)10-11-19-22(21)17-8-6-7-9-18(17)23(19,3)4;1-15-12-13-18-21(20(15)19-11-7-8-14-23(19)4)16-9-5-6-10-17(16)22(18,2)3/h7-14H,1-6H3;3*6-14H,1-5H3;5-14H,1-4H3/q5*+1/i;1D3;;;. The van der Waals surface area contributed by atoms with Crippen molar-refractivity contribution in [2.75, 3.05) is 0 Å². The molecule has 5 aliphatic rings. The van der Waals surface area contributed by atoms with E-state index in [-0.39, 0.29) is 27.1 Å². The van der Waals surface area contributed by atoms with E-state index in [1.165, 1.54) is 212 Å². The van der Waals surface area contributed by atoms with Crippen LogP contribution in [0.2, 0.25) is 0 Å². The van der Waals surface area contributed by atoms with Crippen molar-refractivity contribution in [3.8, 4) is 112 Å². The average Bonchev–Trinajstić information content (AvgIpc) is 1.59. The van der Waals surface area contributed by atoms with Crippen molar-refractivity contribution >= 4 is 0 Å². The van der Waals surface area contributed by atoms with Crippen LogP contribution in [0.5, 0.6) is 0 Å². The van der Waals surface area contributed by atoms with E-state index in [1.54, 1.807) is 12.3 Å². The minimum absolute atomic E-state index is 0.0483. The molecule has 5 heteroatoms. The van der Waals surface area contributed by atoms with Crippen molar-refractivity contribution in [3.63, 3.8) is 0 Å². The van der Waals surface area contributed by atoms with E-state index in [2.05, 4.69) is 433 Å². The lowest BCUT2D eigenvalue weighted by Crippen LogP contribution is -2.32. The fraction of sp³-hybridized carbons (Fsp3) is 0.261. The summed E-state index contributed by atoms with van der Waals surface area (Å²) in [6.45, 7) is 40.9. The summed E-state index contributed by atoms with van der Waals surface area (Å²) < 4.78 is 34.0. The lowest BCUT2D eigenvalue weighted by Gasteiger charge is -2.22. The molecule has 5 aliphatic carbocycles. The number of pyridine rings is 5. The molecule has 0 radical (unpaired) electrons. The van der Waals surface area contributed by atoms with Crippen LogP contribution in [-0.4, -0.2) is 0 Å². The zero-order valence-electron chi connectivity index (χ0n) is 78.2. The van der Waals surface area contributed by atoms with E-state index in [0.29, 0.717) is 5.56 Å². The Morgan fingerprint density at radius 2 is 0.475 bits per heavy atom. The van der Waals surface area contributed by atoms with E-state index in [1.807, 2.05) is 17.7 Å². The first-order valence-corrected chi connectivity index (χ1v) is 42.8. The Morgan fingerprint density at radius 3 is 0.800 bits per heavy atom. The topological polar surface area (TPSA) is 19.4 Å². The van der Waals surface area contributed by atoms with E-state index < -0.39 is 6.85 Å². The Morgan fingerprint density at radius 1 is 0.200 bits per heavy atom. The maximum Gasteiger partial charge on any atom is 0.213 e. The van der Waals surface area contributed by atoms with Crippen molar-refractivity contribution in [3.05, 3.63) is 385 Å². The Labute approximate surface area is 720 Å². The average molecular weight is 1580 g/mol. The Bertz CT molecular complexity index is 6810. The molecule has 0 saturated heterocycles. The van der Waals surface area contributed by atoms with Crippen molar-refractivity contribution in [1.29, 1.82) is 0 Å². The van der Waals surface area contributed by atoms with Crippen LogP contribution in [0.4, 0.5) is 0 Å². The molecule has 0 atom stereocenters. The smallest absolute Gasteiger partial charge is 0.201 e. The summed E-state index contributed by atoms with van der Waals surface area (Å²) in [7, 11) is 10.5. The van der Waals surface area contributed by atoms with Gasteiger partial charge in [-0.1, -0.05) is 251 Å². The third-order valence-corrected chi connectivity index (χ3v) is 27.6. The molecule has 120 heavy (non-hydrogen) atoms. The first kappa shape index (κ1) is 77.8. The van der Waals surface area contributed by atoms with Gasteiger partial charge in [-0.2, -0.15) is 0 Å². The third-order valence-electron chi connectivity index (χ3n) is 27.6. The van der Waals surface area contributed by atoms with Crippen molar-refractivity contribution in [1.82, 2.24) is 0 Å². The molecule has 0 saturated carbocycles. The lowest BCUT2D eigenvalue weighted by molar-refractivity contribution is -0.660. The molecule has 5 nitrogen and oxygen atoms in total. The highest BCUT2D eigenvalue weighted by molar-refractivity contribution is 5.97. The SMILES string of the molecule is Cc1cc(-c2c(C)ccc3c2-c2ccccc2C3(C)C)[n+](C)cc1C.Cc1cc[n+](C)c(-c2c(C)ccc3c2-c2ccccc2C3(C)C)c1.Cc1ccc(-c2c(C)ccc3c2-c2ccccc2C3(C)C)[n+](C)c1.Cc1ccc2c(c1-c1cccc[n+]1C)-c1ccccc1C2(C)C.[2H]C([2H])([2H])c1ccc(-c2c(C)ccc3c2-c2ccccc2C3(C)C)[n+](C)c1. The Hall–Kier alpha value is -12.1. The first-order chi connectivity index (χ1) is 58.3. The number of hydrogen-bond acceptors (Lipinski definition) is 0. The summed E-state index contributed by atoms with van der Waals surface area (Å²) in [4.78, 5) is 0. The molecule has 0 amide bonds. The van der Waals surface area contributed by atoms with E-state index in [9.17, 15) is 0 Å². The second-order valence-electron chi connectivity index (χ2n) is 37.4. The van der Waals surface area contributed by atoms with E-state index >= 15 is 0 Å². The predicted molar refractivity (Wildman–Crippen MR) is 500 cm³/mol. The van der Waals surface area contributed by atoms with E-state index in [0.717, 1.165) is 5.69 Å². The fourth-order valence-electron chi connectivity index (χ4n) is 20.9. The summed E-state index contributed by atoms with van der Waals surface area (Å²) in [6, 6.07) is 88.3. The van der Waals surface area contributed by atoms with Crippen LogP contribution in [0, 0.1) is 69.2 Å². The van der Waals surface area contributed by atoms with Crippen LogP contribution in [0.25, 0.3) is 112 Å². The molecule has 5 aromatic heterocycles. The molecule has 0 fully saturated rings. The maximum atomic E-state index is 7.68. The van der Waals surface area contributed by atoms with Crippen LogP contribution in [-0.2, 0) is 62.3 Å². The highest BCUT2D eigenvalue weighted by Gasteiger charge is 2.44. The normalized spacial score (nSPS) is 14.8. The van der Waals surface area contributed by atoms with Gasteiger partial charge in [-0.3, -0.25) is 0 Å². The molecule has 0 N–H and O–H groups in total. The summed E-state index contributed by atoms with van der Waals surface area (Å²) in [6.07, 6.45) is 10.5. The molecule has 20 rings (SSSR count). The molecular formula is C115H120N5+5. The van der Waals surface area contributed by atoms with Gasteiger partial charge in [0, 0.05) is 118 Å². The first-order valence-electron chi connectivity index (χ1n) is 44.3. The van der Waals surface area contributed by atoms with Crippen LogP contribution in [0.15, 0.2) is 274 Å². The second kappa shape index (κ2) is 30.6. The molecule has 0 spiro atoms. The number of aromatic nitrogens is 5. The highest BCUT2D eigenvalue weighted by Crippen LogP contribution is 2.58. The number of rotatable bonds is 5. The van der Waals surface area contributed by atoms with E-state index in [4.69, 9.17) is 4.11 Å². The number of aryl methyl sites for hydroxylation is 15. The van der Waals surface area contributed by atoms with Crippen LogP contribution in [0.1, 0.15) is 185 Å². The second-order valence-corrected chi connectivity index (χ2v) is 37.4. The number of fused-ring (bicyclic) bond motifs is 15. The summed E-state index contributed by atoms with van der Waals surface area (Å²) in [5, 5.41) is 0. The van der Waals surface area contributed by atoms with Gasteiger partial charge in [0.25, 0.3) is 0 Å². The molecule has 0 unspecified atom stereocenters. The largest absolute Gasteiger partial charge is 0.213 e. The van der Waals surface area contributed by atoms with Gasteiger partial charge in [0.15, 0.2) is 31.0 Å². The molecule has 5 heterocycles. The zero-order valence-corrected chi connectivity index (χ0v) is 75.2. The highest BCUT2D eigenvalue weighted by atomic mass is 14.9. The zero-order chi connectivity index (χ0) is 87.8. The van der Waals surface area contributed by atoms with Gasteiger partial charge in [-0.15, -0.1) is 0 Å². The number of hydrogen-bond donors (Lipinski definition) is 0. The van der Waals surface area contributed by atoms with Gasteiger partial charge in [-0.05, 0) is 210 Å². The van der Waals surface area contributed by atoms with Crippen LogP contribution < -0.4 is 22.8 Å². The Balaban J connectivity index is 0.000000114. The summed E-state index contributed by atoms with van der Waals surface area (Å²) in [5.41, 5.74) is 53.0. The van der Waals surface area contributed by atoms with Crippen molar-refractivity contribution in [2.45, 2.75) is 165 Å². The van der Waals surface area contributed by atoms with Gasteiger partial charge in [0.05, 0.1) is 27.8 Å². The van der Waals surface area contributed by atoms with Crippen molar-refractivity contribution < 1.29 is 26.9 Å². The molecular weight excluding hydrogens is 1450 g/mol. The third kappa shape index (κ3) is 13.5.